The van der Waals surface area contributed by atoms with Crippen molar-refractivity contribution in [2.24, 2.45) is 5.92 Å². The van der Waals surface area contributed by atoms with Crippen molar-refractivity contribution in [1.29, 1.82) is 0 Å². The van der Waals surface area contributed by atoms with E-state index in [4.69, 9.17) is 0 Å². The van der Waals surface area contributed by atoms with E-state index in [2.05, 4.69) is 25.2 Å². The number of benzene rings is 1. The number of carbonyl (C=O) groups excluding carboxylic acids is 1. The molecular formula is C24H25F3N4O2. The molecule has 1 aliphatic rings. The van der Waals surface area contributed by atoms with Gasteiger partial charge < -0.3 is 15.0 Å². The number of halogens is 3. The van der Waals surface area contributed by atoms with E-state index in [1.165, 1.54) is 18.2 Å². The lowest BCUT2D eigenvalue weighted by Crippen LogP contribution is -2.31. The molecule has 0 spiro atoms. The van der Waals surface area contributed by atoms with E-state index < -0.39 is 6.36 Å². The van der Waals surface area contributed by atoms with Crippen LogP contribution in [-0.4, -0.2) is 34.0 Å². The molecule has 0 bridgehead atoms. The average molecular weight is 458 g/mol. The first kappa shape index (κ1) is 22.8. The van der Waals surface area contributed by atoms with E-state index in [1.807, 2.05) is 12.1 Å². The summed E-state index contributed by atoms with van der Waals surface area (Å²) in [5, 5.41) is 11.1. The van der Waals surface area contributed by atoms with E-state index in [9.17, 15) is 18.0 Å². The molecule has 1 amide bonds. The van der Waals surface area contributed by atoms with Gasteiger partial charge in [0.1, 0.15) is 5.75 Å². The number of rotatable bonds is 6. The third kappa shape index (κ3) is 5.71. The van der Waals surface area contributed by atoms with Crippen molar-refractivity contribution in [2.45, 2.75) is 44.9 Å². The molecule has 174 valence electrons. The summed E-state index contributed by atoms with van der Waals surface area (Å²) in [6.45, 7) is 2.26. The Morgan fingerprint density at radius 1 is 1.15 bits per heavy atom. The van der Waals surface area contributed by atoms with Crippen molar-refractivity contribution in [3.63, 3.8) is 0 Å². The molecule has 1 fully saturated rings. The molecule has 0 radical (unpaired) electrons. The fourth-order valence-electron chi connectivity index (χ4n) is 4.39. The van der Waals surface area contributed by atoms with Crippen LogP contribution in [0.25, 0.3) is 11.3 Å². The van der Waals surface area contributed by atoms with Gasteiger partial charge in [0.2, 0.25) is 0 Å². The smallest absolute Gasteiger partial charge is 0.405 e. The van der Waals surface area contributed by atoms with Gasteiger partial charge in [0.05, 0.1) is 17.0 Å². The van der Waals surface area contributed by atoms with Crippen LogP contribution < -0.4 is 10.1 Å². The van der Waals surface area contributed by atoms with Crippen LogP contribution in [0.15, 0.2) is 48.7 Å². The molecular weight excluding hydrogens is 433 g/mol. The molecule has 33 heavy (non-hydrogen) atoms. The second kappa shape index (κ2) is 9.64. The third-order valence-corrected chi connectivity index (χ3v) is 5.99. The second-order valence-corrected chi connectivity index (χ2v) is 8.36. The largest absolute Gasteiger partial charge is 0.573 e. The van der Waals surface area contributed by atoms with Gasteiger partial charge in [0.15, 0.2) is 0 Å². The summed E-state index contributed by atoms with van der Waals surface area (Å²) < 4.78 is 42.7. The van der Waals surface area contributed by atoms with Crippen molar-refractivity contribution in [3.05, 3.63) is 65.6 Å². The lowest BCUT2D eigenvalue weighted by Gasteiger charge is -2.28. The Morgan fingerprint density at radius 2 is 1.91 bits per heavy atom. The summed E-state index contributed by atoms with van der Waals surface area (Å²) in [5.74, 6) is 0.0383. The maximum Gasteiger partial charge on any atom is 0.573 e. The summed E-state index contributed by atoms with van der Waals surface area (Å²) in [4.78, 5) is 16.0. The van der Waals surface area contributed by atoms with Gasteiger partial charge in [-0.25, -0.2) is 0 Å². The number of nitrogens with one attached hydrogen (secondary N) is 2. The Hall–Kier alpha value is -3.36. The van der Waals surface area contributed by atoms with Crippen LogP contribution in [-0.2, 0) is 0 Å². The highest BCUT2D eigenvalue weighted by Gasteiger charge is 2.33. The van der Waals surface area contributed by atoms with Crippen LogP contribution >= 0.6 is 0 Å². The van der Waals surface area contributed by atoms with Gasteiger partial charge in [0, 0.05) is 29.9 Å². The molecule has 1 aliphatic carbocycles. The number of H-pyrrole nitrogens is 1. The quantitative estimate of drug-likeness (QED) is 0.520. The van der Waals surface area contributed by atoms with Crippen LogP contribution in [0.3, 0.4) is 0 Å². The first-order valence-electron chi connectivity index (χ1n) is 10.9. The molecule has 2 N–H and O–H groups in total. The molecule has 2 heterocycles. The van der Waals surface area contributed by atoms with Gasteiger partial charge in [-0.3, -0.25) is 4.79 Å². The van der Waals surface area contributed by atoms with Crippen molar-refractivity contribution < 1.29 is 22.7 Å². The third-order valence-electron chi connectivity index (χ3n) is 5.99. The maximum atomic E-state index is 13.0. The van der Waals surface area contributed by atoms with E-state index in [-0.39, 0.29) is 17.2 Å². The SMILES string of the molecule is Cc1cc(C(=O)NCC2CCC(c3cccnn3)CC2)c(-c2ccccc2OC(F)(F)F)[nH]1. The molecule has 4 rings (SSSR count). The molecule has 0 unspecified atom stereocenters. The first-order chi connectivity index (χ1) is 15.8. The number of ether oxygens (including phenoxy) is 1. The second-order valence-electron chi connectivity index (χ2n) is 8.36. The zero-order valence-corrected chi connectivity index (χ0v) is 18.2. The van der Waals surface area contributed by atoms with Crippen molar-refractivity contribution in [3.8, 4) is 17.0 Å². The zero-order valence-electron chi connectivity index (χ0n) is 18.2. The Balaban J connectivity index is 1.42. The minimum absolute atomic E-state index is 0.178. The van der Waals surface area contributed by atoms with E-state index in [0.29, 0.717) is 35.3 Å². The minimum atomic E-state index is -4.83. The number of aromatic amines is 1. The Labute approximate surface area is 189 Å². The van der Waals surface area contributed by atoms with Crippen LogP contribution in [0.2, 0.25) is 0 Å². The summed E-state index contributed by atoms with van der Waals surface area (Å²) in [6.07, 6.45) is 0.719. The number of aryl methyl sites for hydroxylation is 1. The standard InChI is InChI=1S/C24H25F3N4O2/c1-15-13-19(22(30-15)18-5-2-3-7-21(18)33-24(25,26)27)23(32)28-14-16-8-10-17(11-9-16)20-6-4-12-29-31-20/h2-7,12-13,16-17,30H,8-11,14H2,1H3,(H,28,32). The molecule has 6 nitrogen and oxygen atoms in total. The number of para-hydroxylation sites is 1. The summed E-state index contributed by atoms with van der Waals surface area (Å²) in [5.41, 5.74) is 2.45. The summed E-state index contributed by atoms with van der Waals surface area (Å²) in [7, 11) is 0. The lowest BCUT2D eigenvalue weighted by molar-refractivity contribution is -0.274. The predicted octanol–water partition coefficient (Wildman–Crippen LogP) is 5.38. The van der Waals surface area contributed by atoms with Gasteiger partial charge in [-0.2, -0.15) is 10.2 Å². The van der Waals surface area contributed by atoms with Crippen molar-refractivity contribution in [1.82, 2.24) is 20.5 Å². The highest BCUT2D eigenvalue weighted by atomic mass is 19.4. The van der Waals surface area contributed by atoms with Crippen LogP contribution in [0.5, 0.6) is 5.75 Å². The molecule has 2 aromatic heterocycles. The zero-order chi connectivity index (χ0) is 23.4. The van der Waals surface area contributed by atoms with E-state index in [1.54, 1.807) is 25.3 Å². The first-order valence-corrected chi connectivity index (χ1v) is 10.9. The molecule has 3 aromatic rings. The number of amides is 1. The average Bonchev–Trinajstić information content (AvgIpc) is 3.19. The Morgan fingerprint density at radius 3 is 2.61 bits per heavy atom. The monoisotopic (exact) mass is 458 g/mol. The summed E-state index contributed by atoms with van der Waals surface area (Å²) in [6, 6.07) is 11.3. The van der Waals surface area contributed by atoms with Crippen molar-refractivity contribution >= 4 is 5.91 Å². The fraction of sp³-hybridized carbons (Fsp3) is 0.375. The highest BCUT2D eigenvalue weighted by Crippen LogP contribution is 2.36. The highest BCUT2D eigenvalue weighted by molar-refractivity contribution is 6.01. The van der Waals surface area contributed by atoms with E-state index >= 15 is 0 Å². The van der Waals surface area contributed by atoms with Gasteiger partial charge in [-0.1, -0.05) is 12.1 Å². The number of aromatic nitrogens is 3. The Bertz CT molecular complexity index is 1090. The maximum absolute atomic E-state index is 13.0. The number of hydrogen-bond acceptors (Lipinski definition) is 4. The molecule has 0 atom stereocenters. The van der Waals surface area contributed by atoms with Gasteiger partial charge >= 0.3 is 6.36 Å². The Kier molecular flexibility index (Phi) is 6.67. The normalized spacial score (nSPS) is 18.7. The molecule has 0 aliphatic heterocycles. The van der Waals surface area contributed by atoms with Gasteiger partial charge in [0.25, 0.3) is 5.91 Å². The molecule has 1 aromatic carbocycles. The molecule has 9 heteroatoms. The lowest BCUT2D eigenvalue weighted by atomic mass is 9.80. The van der Waals surface area contributed by atoms with Crippen molar-refractivity contribution in [2.75, 3.05) is 6.54 Å². The van der Waals surface area contributed by atoms with Crippen LogP contribution in [0, 0.1) is 12.8 Å². The predicted molar refractivity (Wildman–Crippen MR) is 117 cm³/mol. The number of nitrogens with zero attached hydrogens (tertiary/aromatic N) is 2. The topological polar surface area (TPSA) is 79.9 Å². The number of alkyl halides is 3. The number of hydrogen-bond donors (Lipinski definition) is 2. The van der Waals surface area contributed by atoms with Gasteiger partial charge in [-0.05, 0) is 68.9 Å². The summed E-state index contributed by atoms with van der Waals surface area (Å²) >= 11 is 0. The van der Waals surface area contributed by atoms with E-state index in [0.717, 1.165) is 31.4 Å². The molecule has 1 saturated carbocycles. The number of carbonyl (C=O) groups is 1. The van der Waals surface area contributed by atoms with Crippen LogP contribution in [0.4, 0.5) is 13.2 Å². The van der Waals surface area contributed by atoms with Crippen LogP contribution in [0.1, 0.15) is 53.3 Å². The fourth-order valence-corrected chi connectivity index (χ4v) is 4.39. The molecule has 0 saturated heterocycles. The minimum Gasteiger partial charge on any atom is -0.405 e. The van der Waals surface area contributed by atoms with Gasteiger partial charge in [-0.15, -0.1) is 13.2 Å².